The highest BCUT2D eigenvalue weighted by Crippen LogP contribution is 2.27. The summed E-state index contributed by atoms with van der Waals surface area (Å²) in [4.78, 5) is 10.3. The predicted molar refractivity (Wildman–Crippen MR) is 55.9 cm³/mol. The van der Waals surface area contributed by atoms with Crippen LogP contribution in [0.2, 0.25) is 5.02 Å². The molecule has 1 N–H and O–H groups in total. The molecule has 1 rings (SSSR count). The molecule has 1 amide bonds. The largest absolute Gasteiger partial charge is 0.495 e. The molecule has 0 aliphatic heterocycles. The highest BCUT2D eigenvalue weighted by molar-refractivity contribution is 9.18. The Morgan fingerprint density at radius 1 is 1.62 bits per heavy atom. The van der Waals surface area contributed by atoms with Gasteiger partial charge in [-0.1, -0.05) is 11.6 Å². The fourth-order valence-corrected chi connectivity index (χ4v) is 1.34. The fraction of sp³-hybridized carbons (Fsp3) is 0.125. The second kappa shape index (κ2) is 4.48. The average molecular weight is 265 g/mol. The zero-order valence-electron chi connectivity index (χ0n) is 6.80. The smallest absolute Gasteiger partial charge is 0.291 e. The molecule has 0 aliphatic rings. The van der Waals surface area contributed by atoms with E-state index in [0.29, 0.717) is 16.5 Å². The molecule has 3 nitrogen and oxygen atoms in total. The Balaban J connectivity index is 2.89. The number of amides is 1. The van der Waals surface area contributed by atoms with E-state index in [0.717, 1.165) is 0 Å². The molecule has 1 aromatic rings. The first-order valence-corrected chi connectivity index (χ1v) is 4.60. The minimum atomic E-state index is -0.311. The van der Waals surface area contributed by atoms with Gasteiger partial charge < -0.3 is 10.1 Å². The Kier molecular flexibility index (Phi) is 3.57. The van der Waals surface area contributed by atoms with Crippen LogP contribution in [0.3, 0.4) is 0 Å². The lowest BCUT2D eigenvalue weighted by atomic mass is 10.3. The van der Waals surface area contributed by atoms with Crippen molar-refractivity contribution in [3.05, 3.63) is 23.2 Å². The molecule has 1 aromatic carbocycles. The van der Waals surface area contributed by atoms with E-state index in [1.165, 1.54) is 7.11 Å². The summed E-state index contributed by atoms with van der Waals surface area (Å²) < 4.78 is 4.95. The molecule has 0 heterocycles. The second-order valence-corrected chi connectivity index (χ2v) is 3.38. The average Bonchev–Trinajstić information content (AvgIpc) is 2.03. The van der Waals surface area contributed by atoms with Crippen molar-refractivity contribution >= 4 is 38.0 Å². The van der Waals surface area contributed by atoms with Crippen LogP contribution in [-0.2, 0) is 0 Å². The topological polar surface area (TPSA) is 38.3 Å². The number of hydrogen-bond donors (Lipinski definition) is 1. The molecule has 0 bridgehead atoms. The van der Waals surface area contributed by atoms with Gasteiger partial charge in [-0.25, -0.2) is 0 Å². The number of hydrogen-bond acceptors (Lipinski definition) is 2. The third-order valence-electron chi connectivity index (χ3n) is 1.39. The number of methoxy groups -OCH3 is 1. The summed E-state index contributed by atoms with van der Waals surface area (Å²) in [5.41, 5.74) is 0.618. The van der Waals surface area contributed by atoms with Crippen LogP contribution in [0.5, 0.6) is 5.75 Å². The van der Waals surface area contributed by atoms with Crippen LogP contribution in [0.25, 0.3) is 0 Å². The predicted octanol–water partition coefficient (Wildman–Crippen LogP) is 3.28. The Bertz CT molecular complexity index is 330. The van der Waals surface area contributed by atoms with E-state index < -0.39 is 0 Å². The number of carbonyl (C=O) groups is 1. The lowest BCUT2D eigenvalue weighted by Gasteiger charge is -2.05. The first-order chi connectivity index (χ1) is 6.13. The second-order valence-electron chi connectivity index (χ2n) is 2.25. The van der Waals surface area contributed by atoms with E-state index in [1.54, 1.807) is 18.2 Å². The number of benzene rings is 1. The van der Waals surface area contributed by atoms with E-state index >= 15 is 0 Å². The number of anilines is 1. The first kappa shape index (κ1) is 10.3. The van der Waals surface area contributed by atoms with Crippen molar-refractivity contribution in [1.29, 1.82) is 0 Å². The minimum absolute atomic E-state index is 0.311. The lowest BCUT2D eigenvalue weighted by Crippen LogP contribution is -2.00. The molecule has 70 valence electrons. The van der Waals surface area contributed by atoms with Gasteiger partial charge in [-0.05, 0) is 18.2 Å². The van der Waals surface area contributed by atoms with Gasteiger partial charge in [0.15, 0.2) is 0 Å². The van der Waals surface area contributed by atoms with Crippen LogP contribution < -0.4 is 10.1 Å². The SMILES string of the molecule is COc1ccc(NC(=O)Br)cc1Cl. The van der Waals surface area contributed by atoms with Crippen molar-refractivity contribution in [2.24, 2.45) is 0 Å². The van der Waals surface area contributed by atoms with Crippen molar-refractivity contribution < 1.29 is 9.53 Å². The summed E-state index contributed by atoms with van der Waals surface area (Å²) in [6.45, 7) is 0. The third kappa shape index (κ3) is 2.90. The maximum atomic E-state index is 10.6. The molecule has 13 heavy (non-hydrogen) atoms. The van der Waals surface area contributed by atoms with Crippen molar-refractivity contribution in [1.82, 2.24) is 0 Å². The monoisotopic (exact) mass is 263 g/mol. The molecule has 5 heteroatoms. The zero-order valence-corrected chi connectivity index (χ0v) is 9.15. The van der Waals surface area contributed by atoms with Gasteiger partial charge in [0.05, 0.1) is 12.1 Å². The van der Waals surface area contributed by atoms with Gasteiger partial charge >= 0.3 is 0 Å². The molecule has 0 spiro atoms. The van der Waals surface area contributed by atoms with Gasteiger partial charge in [0.25, 0.3) is 4.82 Å². The number of ether oxygens (including phenoxy) is 1. The summed E-state index contributed by atoms with van der Waals surface area (Å²) in [5, 5.41) is 2.99. The van der Waals surface area contributed by atoms with E-state index in [1.807, 2.05) is 0 Å². The fourth-order valence-electron chi connectivity index (χ4n) is 0.858. The van der Waals surface area contributed by atoms with Gasteiger partial charge in [-0.2, -0.15) is 0 Å². The van der Waals surface area contributed by atoms with Gasteiger partial charge in [-0.3, -0.25) is 4.79 Å². The van der Waals surface area contributed by atoms with Crippen LogP contribution in [0.4, 0.5) is 10.5 Å². The maximum absolute atomic E-state index is 10.6. The highest BCUT2D eigenvalue weighted by atomic mass is 79.9. The quantitative estimate of drug-likeness (QED) is 0.657. The molecule has 0 atom stereocenters. The molecule has 0 fully saturated rings. The van der Waals surface area contributed by atoms with Crippen molar-refractivity contribution in [2.45, 2.75) is 0 Å². The van der Waals surface area contributed by atoms with Gasteiger partial charge in [0, 0.05) is 21.6 Å². The van der Waals surface area contributed by atoms with Crippen LogP contribution in [0, 0.1) is 0 Å². The first-order valence-electron chi connectivity index (χ1n) is 3.43. The van der Waals surface area contributed by atoms with Crippen LogP contribution in [-0.4, -0.2) is 11.9 Å². The normalized spacial score (nSPS) is 9.46. The van der Waals surface area contributed by atoms with Crippen LogP contribution in [0.1, 0.15) is 0 Å². The summed E-state index contributed by atoms with van der Waals surface area (Å²) in [7, 11) is 1.53. The Morgan fingerprint density at radius 2 is 2.31 bits per heavy atom. The van der Waals surface area contributed by atoms with Crippen LogP contribution >= 0.6 is 27.5 Å². The Hall–Kier alpha value is -0.740. The summed E-state index contributed by atoms with van der Waals surface area (Å²) >= 11 is 8.57. The maximum Gasteiger partial charge on any atom is 0.291 e. The van der Waals surface area contributed by atoms with Gasteiger partial charge in [0.2, 0.25) is 0 Å². The molecular formula is C8H7BrClNO2. The minimum Gasteiger partial charge on any atom is -0.495 e. The number of rotatable bonds is 2. The van der Waals surface area contributed by atoms with E-state index in [-0.39, 0.29) is 4.82 Å². The molecule has 0 aliphatic carbocycles. The summed E-state index contributed by atoms with van der Waals surface area (Å²) in [5.74, 6) is 0.578. The molecule has 0 saturated heterocycles. The zero-order chi connectivity index (χ0) is 9.84. The van der Waals surface area contributed by atoms with E-state index in [9.17, 15) is 4.79 Å². The Labute approximate surface area is 89.2 Å². The number of nitrogens with one attached hydrogen (secondary N) is 1. The van der Waals surface area contributed by atoms with Gasteiger partial charge in [0.1, 0.15) is 5.75 Å². The van der Waals surface area contributed by atoms with E-state index in [2.05, 4.69) is 21.2 Å². The molecule has 0 saturated carbocycles. The summed E-state index contributed by atoms with van der Waals surface area (Å²) in [6, 6.07) is 4.99. The number of halogens is 2. The standard InChI is InChI=1S/C8H7BrClNO2/c1-13-7-3-2-5(4-6(7)10)11-8(9)12/h2-4H,1H3,(H,11,12). The van der Waals surface area contributed by atoms with Gasteiger partial charge in [-0.15, -0.1) is 0 Å². The van der Waals surface area contributed by atoms with Crippen molar-refractivity contribution in [3.8, 4) is 5.75 Å². The molecule has 0 radical (unpaired) electrons. The third-order valence-corrected chi connectivity index (χ3v) is 1.89. The van der Waals surface area contributed by atoms with Crippen molar-refractivity contribution in [3.63, 3.8) is 0 Å². The lowest BCUT2D eigenvalue weighted by molar-refractivity contribution is 0.270. The molecule has 0 unspecified atom stereocenters. The van der Waals surface area contributed by atoms with E-state index in [4.69, 9.17) is 16.3 Å². The Morgan fingerprint density at radius 3 is 2.77 bits per heavy atom. The van der Waals surface area contributed by atoms with Crippen molar-refractivity contribution in [2.75, 3.05) is 12.4 Å². The number of carbonyl (C=O) groups excluding carboxylic acids is 1. The molecular weight excluding hydrogens is 257 g/mol. The molecule has 0 aromatic heterocycles. The summed E-state index contributed by atoms with van der Waals surface area (Å²) in [6.07, 6.45) is 0. The highest BCUT2D eigenvalue weighted by Gasteiger charge is 2.02. The van der Waals surface area contributed by atoms with Crippen LogP contribution in [0.15, 0.2) is 18.2 Å².